The summed E-state index contributed by atoms with van der Waals surface area (Å²) in [4.78, 5) is 13.9. The van der Waals surface area contributed by atoms with E-state index in [1.165, 1.54) is 0 Å². The summed E-state index contributed by atoms with van der Waals surface area (Å²) in [6.07, 6.45) is 0. The third-order valence-corrected chi connectivity index (χ3v) is 5.15. The van der Waals surface area contributed by atoms with Gasteiger partial charge < -0.3 is 10.1 Å². The Morgan fingerprint density at radius 3 is 2.58 bits per heavy atom. The molecule has 0 saturated carbocycles. The summed E-state index contributed by atoms with van der Waals surface area (Å²) in [5.74, 6) is 0.175. The van der Waals surface area contributed by atoms with E-state index < -0.39 is 0 Å². The van der Waals surface area contributed by atoms with Gasteiger partial charge in [-0.2, -0.15) is 0 Å². The van der Waals surface area contributed by atoms with Gasteiger partial charge in [0.05, 0.1) is 10.7 Å². The predicted octanol–water partition coefficient (Wildman–Crippen LogP) is 5.24. The number of amides is 1. The highest BCUT2D eigenvalue weighted by Crippen LogP contribution is 2.24. The molecule has 0 radical (unpaired) electrons. The highest BCUT2D eigenvalue weighted by Gasteiger charge is 2.10. The number of anilines is 1. The number of nitrogens with one attached hydrogen (secondary N) is 1. The van der Waals surface area contributed by atoms with Crippen molar-refractivity contribution in [1.82, 2.24) is 15.0 Å². The molecule has 1 heterocycles. The molecule has 0 spiro atoms. The van der Waals surface area contributed by atoms with Crippen molar-refractivity contribution in [2.45, 2.75) is 0 Å². The lowest BCUT2D eigenvalue weighted by atomic mass is 10.1. The minimum Gasteiger partial charge on any atom is -0.482 e. The molecule has 0 saturated heterocycles. The lowest BCUT2D eigenvalue weighted by Gasteiger charge is -2.08. The van der Waals surface area contributed by atoms with Crippen LogP contribution in [0.4, 0.5) is 5.69 Å². The number of para-hydroxylation sites is 1. The molecule has 0 bridgehead atoms. The smallest absolute Gasteiger partial charge is 0.262 e. The summed E-state index contributed by atoms with van der Waals surface area (Å²) < 4.78 is 5.49. The first-order valence-corrected chi connectivity index (χ1v) is 10.1. The van der Waals surface area contributed by atoms with E-state index in [9.17, 15) is 4.79 Å². The number of hydrogen-bond acceptors (Lipinski definition) is 4. The van der Waals surface area contributed by atoms with Crippen molar-refractivity contribution in [3.05, 3.63) is 90.0 Å². The normalized spacial score (nSPS) is 11.0. The van der Waals surface area contributed by atoms with Crippen LogP contribution in [0.1, 0.15) is 0 Å². The molecule has 0 aliphatic carbocycles. The van der Waals surface area contributed by atoms with Crippen LogP contribution >= 0.6 is 11.6 Å². The molecule has 0 aliphatic rings. The van der Waals surface area contributed by atoms with Crippen LogP contribution in [0.2, 0.25) is 5.02 Å². The van der Waals surface area contributed by atoms with Gasteiger partial charge in [0, 0.05) is 11.1 Å². The fraction of sp³-hybridized carbons (Fsp3) is 0.0417. The van der Waals surface area contributed by atoms with Crippen LogP contribution in [0, 0.1) is 0 Å². The van der Waals surface area contributed by atoms with Gasteiger partial charge in [-0.3, -0.25) is 4.79 Å². The van der Waals surface area contributed by atoms with Gasteiger partial charge >= 0.3 is 0 Å². The molecule has 0 fully saturated rings. The number of fused-ring (bicyclic) bond motifs is 2. The van der Waals surface area contributed by atoms with E-state index in [-0.39, 0.29) is 12.5 Å². The zero-order valence-corrected chi connectivity index (χ0v) is 17.1. The Morgan fingerprint density at radius 1 is 0.903 bits per heavy atom. The fourth-order valence-corrected chi connectivity index (χ4v) is 3.58. The first kappa shape index (κ1) is 19.1. The van der Waals surface area contributed by atoms with Crippen LogP contribution in [-0.4, -0.2) is 27.5 Å². The molecule has 31 heavy (non-hydrogen) atoms. The number of carbonyl (C=O) groups is 1. The van der Waals surface area contributed by atoms with E-state index in [4.69, 9.17) is 16.3 Å². The third-order valence-electron chi connectivity index (χ3n) is 4.84. The predicted molar refractivity (Wildman–Crippen MR) is 122 cm³/mol. The highest BCUT2D eigenvalue weighted by molar-refractivity contribution is 6.32. The number of rotatable bonds is 5. The summed E-state index contributed by atoms with van der Waals surface area (Å²) >= 11 is 6.05. The highest BCUT2D eigenvalue weighted by atomic mass is 35.5. The molecule has 1 amide bonds. The molecule has 5 rings (SSSR count). The summed E-state index contributed by atoms with van der Waals surface area (Å²) in [5, 5.41) is 14.7. The Bertz CT molecular complexity index is 1410. The van der Waals surface area contributed by atoms with Crippen molar-refractivity contribution < 1.29 is 9.53 Å². The van der Waals surface area contributed by atoms with Gasteiger partial charge in [-0.25, -0.2) is 0 Å². The molecule has 1 aromatic heterocycles. The number of halogens is 1. The van der Waals surface area contributed by atoms with E-state index in [2.05, 4.69) is 27.6 Å². The Labute approximate surface area is 183 Å². The van der Waals surface area contributed by atoms with E-state index >= 15 is 0 Å². The molecule has 4 aromatic carbocycles. The van der Waals surface area contributed by atoms with Crippen LogP contribution in [0.15, 0.2) is 84.9 Å². The molecule has 6 nitrogen and oxygen atoms in total. The van der Waals surface area contributed by atoms with E-state index in [1.54, 1.807) is 41.2 Å². The van der Waals surface area contributed by atoms with Gasteiger partial charge in [0.1, 0.15) is 16.8 Å². The van der Waals surface area contributed by atoms with Crippen molar-refractivity contribution in [2.24, 2.45) is 0 Å². The Morgan fingerprint density at radius 2 is 1.68 bits per heavy atom. The Hall–Kier alpha value is -3.90. The number of ether oxygens (including phenoxy) is 1. The lowest BCUT2D eigenvalue weighted by Crippen LogP contribution is -2.20. The zero-order valence-electron chi connectivity index (χ0n) is 16.3. The second-order valence-corrected chi connectivity index (χ2v) is 7.37. The Kier molecular flexibility index (Phi) is 4.98. The number of carbonyl (C=O) groups excluding carboxylic acids is 1. The average Bonchev–Trinajstić information content (AvgIpc) is 3.21. The maximum atomic E-state index is 12.3. The van der Waals surface area contributed by atoms with Crippen LogP contribution < -0.4 is 10.1 Å². The summed E-state index contributed by atoms with van der Waals surface area (Å²) in [6.45, 7) is -0.148. The zero-order chi connectivity index (χ0) is 21.2. The van der Waals surface area contributed by atoms with E-state index in [1.807, 2.05) is 36.4 Å². The maximum Gasteiger partial charge on any atom is 0.262 e. The SMILES string of the molecule is O=C(COc1ccccc1Cl)Nc1ccc2nn(-c3cccc4ccccc34)nc2c1. The molecule has 0 aliphatic heterocycles. The van der Waals surface area contributed by atoms with Crippen LogP contribution in [-0.2, 0) is 4.79 Å². The van der Waals surface area contributed by atoms with Gasteiger partial charge in [0.2, 0.25) is 0 Å². The van der Waals surface area contributed by atoms with Crippen molar-refractivity contribution in [3.8, 4) is 11.4 Å². The number of nitrogens with zero attached hydrogens (tertiary/aromatic N) is 3. The largest absolute Gasteiger partial charge is 0.482 e. The van der Waals surface area contributed by atoms with E-state index in [0.717, 1.165) is 22.0 Å². The van der Waals surface area contributed by atoms with Gasteiger partial charge in [0.25, 0.3) is 5.91 Å². The number of benzene rings is 4. The van der Waals surface area contributed by atoms with Crippen molar-refractivity contribution >= 4 is 45.0 Å². The number of hydrogen-bond donors (Lipinski definition) is 1. The van der Waals surface area contributed by atoms with Gasteiger partial charge in [-0.1, -0.05) is 60.1 Å². The summed E-state index contributed by atoms with van der Waals surface area (Å²) in [6, 6.07) is 26.6. The minimum atomic E-state index is -0.291. The second-order valence-electron chi connectivity index (χ2n) is 6.96. The van der Waals surface area contributed by atoms with E-state index in [0.29, 0.717) is 22.0 Å². The summed E-state index contributed by atoms with van der Waals surface area (Å²) in [5.41, 5.74) is 2.93. The van der Waals surface area contributed by atoms with Crippen LogP contribution in [0.3, 0.4) is 0 Å². The quantitative estimate of drug-likeness (QED) is 0.415. The monoisotopic (exact) mass is 428 g/mol. The molecule has 0 atom stereocenters. The van der Waals surface area contributed by atoms with Crippen LogP contribution in [0.25, 0.3) is 27.5 Å². The van der Waals surface area contributed by atoms with Gasteiger partial charge in [0.15, 0.2) is 6.61 Å². The van der Waals surface area contributed by atoms with Crippen molar-refractivity contribution in [1.29, 1.82) is 0 Å². The molecule has 1 N–H and O–H groups in total. The number of aromatic nitrogens is 3. The maximum absolute atomic E-state index is 12.3. The first-order chi connectivity index (χ1) is 15.2. The molecule has 7 heteroatoms. The van der Waals surface area contributed by atoms with Gasteiger partial charge in [-0.15, -0.1) is 15.0 Å². The topological polar surface area (TPSA) is 69.0 Å². The molecular weight excluding hydrogens is 412 g/mol. The summed E-state index contributed by atoms with van der Waals surface area (Å²) in [7, 11) is 0. The average molecular weight is 429 g/mol. The third kappa shape index (κ3) is 3.93. The first-order valence-electron chi connectivity index (χ1n) is 9.70. The molecule has 0 unspecified atom stereocenters. The lowest BCUT2D eigenvalue weighted by molar-refractivity contribution is -0.118. The van der Waals surface area contributed by atoms with Crippen molar-refractivity contribution in [2.75, 3.05) is 11.9 Å². The molecule has 152 valence electrons. The standard InChI is InChI=1S/C24H17ClN4O2/c25-19-9-3-4-11-23(19)31-15-24(30)26-17-12-13-20-21(14-17)28-29(27-20)22-10-5-7-16-6-1-2-8-18(16)22/h1-14H,15H2,(H,26,30). The second kappa shape index (κ2) is 8.08. The minimum absolute atomic E-state index is 0.148. The van der Waals surface area contributed by atoms with Crippen LogP contribution in [0.5, 0.6) is 5.75 Å². The Balaban J connectivity index is 1.36. The molecule has 5 aromatic rings. The van der Waals surface area contributed by atoms with Crippen molar-refractivity contribution in [3.63, 3.8) is 0 Å². The molecular formula is C24H17ClN4O2. The fourth-order valence-electron chi connectivity index (χ4n) is 3.38. The van der Waals surface area contributed by atoms with Gasteiger partial charge in [-0.05, 0) is 41.8 Å².